The smallest absolute Gasteiger partial charge is 0.258 e. The van der Waals surface area contributed by atoms with Crippen LogP contribution in [0.15, 0.2) is 30.5 Å². The normalized spacial score (nSPS) is 11.0. The number of aromatic nitrogens is 3. The van der Waals surface area contributed by atoms with Gasteiger partial charge in [0.2, 0.25) is 5.91 Å². The third kappa shape index (κ3) is 2.82. The lowest BCUT2D eigenvalue weighted by Crippen LogP contribution is -2.26. The number of carbonyl (C=O) groups excluding carboxylic acids is 1. The van der Waals surface area contributed by atoms with Crippen LogP contribution in [0.25, 0.3) is 22.2 Å². The Kier molecular flexibility index (Phi) is 3.96. The van der Waals surface area contributed by atoms with Gasteiger partial charge in [0.15, 0.2) is 11.6 Å². The van der Waals surface area contributed by atoms with Crippen LogP contribution in [0.5, 0.6) is 0 Å². The lowest BCUT2D eigenvalue weighted by atomic mass is 10.1. The Bertz CT molecular complexity index is 936. The topological polar surface area (TPSA) is 51.0 Å². The van der Waals surface area contributed by atoms with Gasteiger partial charge in [-0.3, -0.25) is 9.48 Å². The molecule has 0 aliphatic rings. The summed E-state index contributed by atoms with van der Waals surface area (Å²) in [6, 6.07) is 4.96. The molecule has 0 aliphatic heterocycles. The highest BCUT2D eigenvalue weighted by atomic mass is 19.2. The average Bonchev–Trinajstić information content (AvgIpc) is 2.85. The first-order chi connectivity index (χ1) is 11.4. The minimum absolute atomic E-state index is 0.00731. The van der Waals surface area contributed by atoms with Gasteiger partial charge in [-0.1, -0.05) is 6.07 Å². The van der Waals surface area contributed by atoms with Crippen LogP contribution in [-0.4, -0.2) is 39.7 Å². The van der Waals surface area contributed by atoms with Crippen LogP contribution < -0.4 is 0 Å². The number of likely N-dealkylation sites (N-methyl/N-ethyl adjacent to an activating group) is 1. The first-order valence-electron chi connectivity index (χ1n) is 7.04. The molecule has 0 atom stereocenters. The Labute approximate surface area is 135 Å². The number of hydrogen-bond acceptors (Lipinski definition) is 3. The molecule has 0 saturated heterocycles. The zero-order chi connectivity index (χ0) is 17.4. The summed E-state index contributed by atoms with van der Waals surface area (Å²) in [5.41, 5.74) is 1.15. The van der Waals surface area contributed by atoms with E-state index in [4.69, 9.17) is 0 Å². The number of pyridine rings is 1. The molecule has 0 saturated carbocycles. The van der Waals surface area contributed by atoms with E-state index in [1.54, 1.807) is 14.1 Å². The second kappa shape index (κ2) is 5.95. The van der Waals surface area contributed by atoms with Gasteiger partial charge in [-0.15, -0.1) is 5.10 Å². The van der Waals surface area contributed by atoms with Gasteiger partial charge in [-0.05, 0) is 23.8 Å². The van der Waals surface area contributed by atoms with Crippen molar-refractivity contribution >= 4 is 16.9 Å². The molecule has 0 radical (unpaired) electrons. The van der Waals surface area contributed by atoms with Crippen molar-refractivity contribution in [2.45, 2.75) is 6.54 Å². The molecule has 0 N–H and O–H groups in total. The molecule has 8 heteroatoms. The quantitative estimate of drug-likeness (QED) is 0.740. The van der Waals surface area contributed by atoms with E-state index < -0.39 is 17.6 Å². The number of carbonyl (C=O) groups is 1. The molecule has 1 amide bonds. The number of nitrogens with zero attached hydrogens (tertiary/aromatic N) is 4. The van der Waals surface area contributed by atoms with Crippen LogP contribution in [0.2, 0.25) is 0 Å². The number of benzene rings is 1. The highest BCUT2D eigenvalue weighted by molar-refractivity contribution is 5.83. The molecule has 24 heavy (non-hydrogen) atoms. The molecule has 0 spiro atoms. The molecule has 2 heterocycles. The molecule has 0 aliphatic carbocycles. The Balaban J connectivity index is 2.09. The molecule has 5 nitrogen and oxygen atoms in total. The van der Waals surface area contributed by atoms with E-state index in [0.29, 0.717) is 16.6 Å². The fourth-order valence-corrected chi connectivity index (χ4v) is 2.24. The van der Waals surface area contributed by atoms with Crippen LogP contribution >= 0.6 is 0 Å². The molecular weight excluding hydrogens is 321 g/mol. The molecule has 3 aromatic rings. The van der Waals surface area contributed by atoms with Gasteiger partial charge < -0.3 is 4.90 Å². The molecule has 1 aromatic carbocycles. The molecular formula is C16H13F3N4O. The Morgan fingerprint density at radius 1 is 1.12 bits per heavy atom. The summed E-state index contributed by atoms with van der Waals surface area (Å²) in [5.74, 6) is -3.01. The summed E-state index contributed by atoms with van der Waals surface area (Å²) in [4.78, 5) is 17.2. The minimum atomic E-state index is -0.991. The van der Waals surface area contributed by atoms with Crippen LogP contribution in [0.4, 0.5) is 13.2 Å². The third-order valence-electron chi connectivity index (χ3n) is 3.59. The molecule has 2 aromatic heterocycles. The monoisotopic (exact) mass is 334 g/mol. The average molecular weight is 334 g/mol. The summed E-state index contributed by atoms with van der Waals surface area (Å²) in [7, 11) is 3.16. The first kappa shape index (κ1) is 16.0. The minimum Gasteiger partial charge on any atom is -0.347 e. The summed E-state index contributed by atoms with van der Waals surface area (Å²) >= 11 is 0. The molecule has 3 rings (SSSR count). The standard InChI is InChI=1S/C16H13F3N4O/c1-22(2)14(24)8-23-13-6-10(7-20-15(13)16(19)21-23)9-3-4-11(17)12(18)5-9/h3-7H,8H2,1-2H3. The maximum atomic E-state index is 13.9. The van der Waals surface area contributed by atoms with E-state index in [1.165, 1.54) is 27.9 Å². The number of rotatable bonds is 3. The van der Waals surface area contributed by atoms with Crippen molar-refractivity contribution in [2.24, 2.45) is 0 Å². The van der Waals surface area contributed by atoms with Crippen molar-refractivity contribution in [2.75, 3.05) is 14.1 Å². The molecule has 0 bridgehead atoms. The zero-order valence-corrected chi connectivity index (χ0v) is 12.9. The maximum absolute atomic E-state index is 13.9. The summed E-state index contributed by atoms with van der Waals surface area (Å²) < 4.78 is 41.5. The number of amides is 1. The lowest BCUT2D eigenvalue weighted by Gasteiger charge is -2.10. The van der Waals surface area contributed by atoms with E-state index in [2.05, 4.69) is 10.1 Å². The molecule has 0 fully saturated rings. The Hall–Kier alpha value is -2.90. The number of fused-ring (bicyclic) bond motifs is 1. The van der Waals surface area contributed by atoms with E-state index >= 15 is 0 Å². The SMILES string of the molecule is CN(C)C(=O)Cn1nc(F)c2ncc(-c3ccc(F)c(F)c3)cc21. The van der Waals surface area contributed by atoms with Gasteiger partial charge in [0.25, 0.3) is 5.95 Å². The van der Waals surface area contributed by atoms with E-state index in [-0.39, 0.29) is 18.0 Å². The summed E-state index contributed by atoms with van der Waals surface area (Å²) in [6.07, 6.45) is 1.35. The molecule has 124 valence electrons. The van der Waals surface area contributed by atoms with Crippen LogP contribution in [0, 0.1) is 17.6 Å². The van der Waals surface area contributed by atoms with Gasteiger partial charge in [-0.2, -0.15) is 4.39 Å². The van der Waals surface area contributed by atoms with E-state index in [1.807, 2.05) is 0 Å². The largest absolute Gasteiger partial charge is 0.347 e. The Morgan fingerprint density at radius 2 is 1.88 bits per heavy atom. The highest BCUT2D eigenvalue weighted by Gasteiger charge is 2.16. The Morgan fingerprint density at radius 3 is 2.54 bits per heavy atom. The molecule has 0 unspecified atom stereocenters. The van der Waals surface area contributed by atoms with Gasteiger partial charge >= 0.3 is 0 Å². The predicted octanol–water partition coefficient (Wildman–Crippen LogP) is 2.60. The van der Waals surface area contributed by atoms with Crippen molar-refractivity contribution in [1.29, 1.82) is 0 Å². The zero-order valence-electron chi connectivity index (χ0n) is 12.9. The van der Waals surface area contributed by atoms with E-state index in [0.717, 1.165) is 12.1 Å². The second-order valence-corrected chi connectivity index (χ2v) is 5.46. The van der Waals surface area contributed by atoms with Gasteiger partial charge in [0, 0.05) is 25.9 Å². The lowest BCUT2D eigenvalue weighted by molar-refractivity contribution is -0.129. The van der Waals surface area contributed by atoms with Crippen LogP contribution in [0.3, 0.4) is 0 Å². The van der Waals surface area contributed by atoms with Crippen molar-refractivity contribution in [3.8, 4) is 11.1 Å². The fraction of sp³-hybridized carbons (Fsp3) is 0.188. The third-order valence-corrected chi connectivity index (χ3v) is 3.59. The van der Waals surface area contributed by atoms with Crippen molar-refractivity contribution in [3.63, 3.8) is 0 Å². The van der Waals surface area contributed by atoms with Gasteiger partial charge in [0.05, 0.1) is 5.52 Å². The van der Waals surface area contributed by atoms with Gasteiger partial charge in [-0.25, -0.2) is 13.8 Å². The predicted molar refractivity (Wildman–Crippen MR) is 81.5 cm³/mol. The van der Waals surface area contributed by atoms with Crippen molar-refractivity contribution in [3.05, 3.63) is 48.0 Å². The second-order valence-electron chi connectivity index (χ2n) is 5.46. The summed E-state index contributed by atoms with van der Waals surface area (Å²) in [5, 5.41) is 3.68. The number of hydrogen-bond donors (Lipinski definition) is 0. The maximum Gasteiger partial charge on any atom is 0.258 e. The van der Waals surface area contributed by atoms with Crippen molar-refractivity contribution in [1.82, 2.24) is 19.7 Å². The highest BCUT2D eigenvalue weighted by Crippen LogP contribution is 2.25. The van der Waals surface area contributed by atoms with Crippen LogP contribution in [0.1, 0.15) is 0 Å². The first-order valence-corrected chi connectivity index (χ1v) is 7.04. The fourth-order valence-electron chi connectivity index (χ4n) is 2.24. The number of halogens is 3. The van der Waals surface area contributed by atoms with E-state index in [9.17, 15) is 18.0 Å². The van der Waals surface area contributed by atoms with Crippen LogP contribution in [-0.2, 0) is 11.3 Å². The van der Waals surface area contributed by atoms with Crippen molar-refractivity contribution < 1.29 is 18.0 Å². The summed E-state index contributed by atoms with van der Waals surface area (Å²) in [6.45, 7) is -0.156. The van der Waals surface area contributed by atoms with Gasteiger partial charge in [0.1, 0.15) is 12.1 Å².